The first kappa shape index (κ1) is 27.6. The number of carbonyl (C=O) groups is 1. The summed E-state index contributed by atoms with van der Waals surface area (Å²) in [6.07, 6.45) is 10.5. The predicted octanol–water partition coefficient (Wildman–Crippen LogP) is 6.30. The van der Waals surface area contributed by atoms with Crippen LogP contribution in [0.3, 0.4) is 0 Å². The van der Waals surface area contributed by atoms with Crippen molar-refractivity contribution >= 4 is 38.7 Å². The zero-order valence-electron chi connectivity index (χ0n) is 24.4. The molecular weight excluding hydrogens is 589 g/mol. The molecule has 222 valence electrons. The lowest BCUT2D eigenvalue weighted by atomic mass is 9.99. The predicted molar refractivity (Wildman–Crippen MR) is 159 cm³/mol. The van der Waals surface area contributed by atoms with Crippen LogP contribution in [0.15, 0.2) is 16.6 Å². The Balaban J connectivity index is 1.13. The fourth-order valence-corrected chi connectivity index (χ4v) is 8.03. The normalized spacial score (nSPS) is 28.8. The molecule has 5 fully saturated rings. The number of anilines is 1. The smallest absolute Gasteiger partial charge is 0.410 e. The molecule has 7 rings (SSSR count). The zero-order valence-corrected chi connectivity index (χ0v) is 26.0. The van der Waals surface area contributed by atoms with Gasteiger partial charge in [-0.15, -0.1) is 0 Å². The van der Waals surface area contributed by atoms with Crippen LogP contribution in [0.25, 0.3) is 10.9 Å². The first-order valence-corrected chi connectivity index (χ1v) is 16.2. The largest absolute Gasteiger partial charge is 0.463 e. The van der Waals surface area contributed by atoms with E-state index < -0.39 is 11.4 Å². The topological polar surface area (TPSA) is 71.0 Å². The second-order valence-corrected chi connectivity index (χ2v) is 14.9. The number of piperazine rings is 1. The Bertz CT molecular complexity index is 1320. The molecule has 2 aromatic rings. The summed E-state index contributed by atoms with van der Waals surface area (Å²) in [6, 6.07) is 5.33. The van der Waals surface area contributed by atoms with E-state index >= 15 is 4.39 Å². The third-order valence-electron chi connectivity index (χ3n) is 9.93. The van der Waals surface area contributed by atoms with Gasteiger partial charge in [0.2, 0.25) is 0 Å². The summed E-state index contributed by atoms with van der Waals surface area (Å²) in [5, 5.41) is 0.661. The van der Waals surface area contributed by atoms with Crippen LogP contribution in [0.2, 0.25) is 0 Å². The number of aromatic nitrogens is 2. The molecule has 4 atom stereocenters. The highest BCUT2D eigenvalue weighted by Crippen LogP contribution is 2.49. The summed E-state index contributed by atoms with van der Waals surface area (Å²) < 4.78 is 27.9. The molecule has 0 radical (unpaired) electrons. The Hall–Kier alpha value is -2.20. The van der Waals surface area contributed by atoms with Gasteiger partial charge in [-0.05, 0) is 100 Å². The number of hydrogen-bond donors (Lipinski definition) is 0. The van der Waals surface area contributed by atoms with Gasteiger partial charge in [0.25, 0.3) is 0 Å². The van der Waals surface area contributed by atoms with Gasteiger partial charge in [-0.2, -0.15) is 9.97 Å². The van der Waals surface area contributed by atoms with Crippen molar-refractivity contribution in [2.75, 3.05) is 31.1 Å². The van der Waals surface area contributed by atoms with Crippen molar-refractivity contribution in [3.05, 3.63) is 22.4 Å². The molecular formula is C31H41BrFN5O3. The molecule has 10 heteroatoms. The molecule has 5 heterocycles. The highest BCUT2D eigenvalue weighted by molar-refractivity contribution is 9.10. The number of nitrogens with zero attached hydrogens (tertiary/aromatic N) is 5. The molecule has 1 aromatic heterocycles. The molecule has 4 unspecified atom stereocenters. The molecule has 4 bridgehead atoms. The SMILES string of the molecule is CC(C)(C)OC(=O)N1C2CCC1CN(c1nc(OCC3(CN4C5CCCC4CC5)CC3)nc3c(F)c(Br)ccc13)C2. The van der Waals surface area contributed by atoms with Crippen LogP contribution < -0.4 is 9.64 Å². The fourth-order valence-electron chi connectivity index (χ4n) is 7.71. The lowest BCUT2D eigenvalue weighted by Gasteiger charge is -2.42. The van der Waals surface area contributed by atoms with Crippen LogP contribution in [0.1, 0.15) is 78.6 Å². The molecule has 5 aliphatic rings. The van der Waals surface area contributed by atoms with E-state index in [1.807, 2.05) is 31.7 Å². The van der Waals surface area contributed by atoms with Crippen molar-refractivity contribution in [3.8, 4) is 6.01 Å². The second kappa shape index (κ2) is 10.2. The quantitative estimate of drug-likeness (QED) is 0.371. The Kier molecular flexibility index (Phi) is 6.88. The number of benzene rings is 1. The van der Waals surface area contributed by atoms with Gasteiger partial charge in [0.05, 0.1) is 23.2 Å². The number of fused-ring (bicyclic) bond motifs is 5. The number of halogens is 2. The van der Waals surface area contributed by atoms with Gasteiger partial charge in [0.1, 0.15) is 16.9 Å². The van der Waals surface area contributed by atoms with Crippen LogP contribution in [0.5, 0.6) is 6.01 Å². The lowest BCUT2D eigenvalue weighted by Crippen LogP contribution is -2.57. The highest BCUT2D eigenvalue weighted by Gasteiger charge is 2.49. The van der Waals surface area contributed by atoms with E-state index in [0.717, 1.165) is 44.3 Å². The van der Waals surface area contributed by atoms with Crippen molar-refractivity contribution in [1.82, 2.24) is 19.8 Å². The maximum atomic E-state index is 15.4. The standard InChI is InChI=1S/C31H41BrFN5O3/c1-30(2,3)41-29(39)38-21-9-10-22(38)16-36(15-21)27-23-11-12-24(32)25(33)26(23)34-28(35-27)40-18-31(13-14-31)17-37-19-5-4-6-20(37)8-7-19/h11-12,19-22H,4-10,13-18H2,1-3H3. The molecule has 41 heavy (non-hydrogen) atoms. The number of hydrogen-bond acceptors (Lipinski definition) is 7. The average molecular weight is 631 g/mol. The van der Waals surface area contributed by atoms with Gasteiger partial charge < -0.3 is 14.4 Å². The van der Waals surface area contributed by atoms with Crippen LogP contribution in [-0.2, 0) is 4.74 Å². The summed E-state index contributed by atoms with van der Waals surface area (Å²) in [5.41, 5.74) is -0.134. The number of amides is 1. The Morgan fingerprint density at radius 1 is 1.02 bits per heavy atom. The number of ether oxygens (including phenoxy) is 2. The minimum atomic E-state index is -0.542. The van der Waals surface area contributed by atoms with Gasteiger partial charge in [-0.1, -0.05) is 6.42 Å². The highest BCUT2D eigenvalue weighted by atomic mass is 79.9. The number of carbonyl (C=O) groups excluding carboxylic acids is 1. The minimum Gasteiger partial charge on any atom is -0.463 e. The van der Waals surface area contributed by atoms with E-state index in [9.17, 15) is 4.79 Å². The van der Waals surface area contributed by atoms with Gasteiger partial charge in [-0.25, -0.2) is 9.18 Å². The summed E-state index contributed by atoms with van der Waals surface area (Å²) >= 11 is 3.34. The first-order chi connectivity index (χ1) is 19.6. The van der Waals surface area contributed by atoms with Crippen LogP contribution in [0.4, 0.5) is 15.0 Å². The van der Waals surface area contributed by atoms with E-state index in [-0.39, 0.29) is 35.1 Å². The molecule has 0 spiro atoms. The third kappa shape index (κ3) is 5.28. The van der Waals surface area contributed by atoms with Gasteiger partial charge in [0.15, 0.2) is 5.82 Å². The molecule has 0 N–H and O–H groups in total. The van der Waals surface area contributed by atoms with Crippen molar-refractivity contribution in [2.45, 2.75) is 108 Å². The monoisotopic (exact) mass is 629 g/mol. The summed E-state index contributed by atoms with van der Waals surface area (Å²) in [4.78, 5) is 29.4. The molecule has 1 aliphatic carbocycles. The maximum absolute atomic E-state index is 15.4. The van der Waals surface area contributed by atoms with Crippen LogP contribution in [-0.4, -0.2) is 81.9 Å². The molecule has 8 nitrogen and oxygen atoms in total. The van der Waals surface area contributed by atoms with E-state index in [1.165, 1.54) is 32.1 Å². The van der Waals surface area contributed by atoms with Crippen molar-refractivity contribution < 1.29 is 18.7 Å². The average Bonchev–Trinajstić information content (AvgIpc) is 3.59. The Morgan fingerprint density at radius 3 is 2.32 bits per heavy atom. The second-order valence-electron chi connectivity index (χ2n) is 14.0. The molecule has 1 saturated carbocycles. The maximum Gasteiger partial charge on any atom is 0.410 e. The number of piperidine rings is 1. The van der Waals surface area contributed by atoms with Crippen molar-refractivity contribution in [2.24, 2.45) is 5.41 Å². The molecule has 4 aliphatic heterocycles. The Morgan fingerprint density at radius 2 is 1.68 bits per heavy atom. The van der Waals surface area contributed by atoms with Gasteiger partial charge >= 0.3 is 12.1 Å². The summed E-state index contributed by atoms with van der Waals surface area (Å²) in [6.45, 7) is 8.55. The van der Waals surface area contributed by atoms with Crippen LogP contribution in [0, 0.1) is 11.2 Å². The zero-order chi connectivity index (χ0) is 28.5. The van der Waals surface area contributed by atoms with Crippen LogP contribution >= 0.6 is 15.9 Å². The van der Waals surface area contributed by atoms with E-state index in [2.05, 4.69) is 30.7 Å². The molecule has 1 amide bonds. The number of rotatable bonds is 6. The molecule has 4 saturated heterocycles. The van der Waals surface area contributed by atoms with Crippen molar-refractivity contribution in [3.63, 3.8) is 0 Å². The molecule has 1 aromatic carbocycles. The van der Waals surface area contributed by atoms with Gasteiger partial charge in [0, 0.05) is 42.5 Å². The lowest BCUT2D eigenvalue weighted by molar-refractivity contribution is 0.0122. The first-order valence-electron chi connectivity index (χ1n) is 15.4. The van der Waals surface area contributed by atoms with E-state index in [1.54, 1.807) is 6.07 Å². The Labute approximate surface area is 250 Å². The van der Waals surface area contributed by atoms with E-state index in [4.69, 9.17) is 14.5 Å². The minimum absolute atomic E-state index is 0.0212. The fraction of sp³-hybridized carbons (Fsp3) is 0.710. The third-order valence-corrected chi connectivity index (χ3v) is 10.5. The van der Waals surface area contributed by atoms with E-state index in [0.29, 0.717) is 35.4 Å². The van der Waals surface area contributed by atoms with Gasteiger partial charge in [-0.3, -0.25) is 9.80 Å². The summed E-state index contributed by atoms with van der Waals surface area (Å²) in [5.74, 6) is 0.272. The van der Waals surface area contributed by atoms with Crippen molar-refractivity contribution in [1.29, 1.82) is 0 Å². The summed E-state index contributed by atoms with van der Waals surface area (Å²) in [7, 11) is 0.